The van der Waals surface area contributed by atoms with Crippen molar-refractivity contribution in [2.75, 3.05) is 19.0 Å². The lowest BCUT2D eigenvalue weighted by Gasteiger charge is -2.09. The molecule has 0 saturated carbocycles. The summed E-state index contributed by atoms with van der Waals surface area (Å²) in [6.07, 6.45) is 1.32. The van der Waals surface area contributed by atoms with Gasteiger partial charge in [-0.1, -0.05) is 29.8 Å². The molecule has 3 aromatic carbocycles. The van der Waals surface area contributed by atoms with Gasteiger partial charge in [0.2, 0.25) is 0 Å². The second-order valence-corrected chi connectivity index (χ2v) is 9.08. The summed E-state index contributed by atoms with van der Waals surface area (Å²) in [4.78, 5) is 37.2. The molecule has 0 radical (unpaired) electrons. The molecule has 0 aliphatic rings. The lowest BCUT2D eigenvalue weighted by Crippen LogP contribution is -2.32. The number of fused-ring (bicyclic) bond motifs is 1. The minimum Gasteiger partial charge on any atom is -0.494 e. The summed E-state index contributed by atoms with van der Waals surface area (Å²) in [5.74, 6) is -1.35. The van der Waals surface area contributed by atoms with Gasteiger partial charge in [-0.15, -0.1) is 11.3 Å². The zero-order valence-electron chi connectivity index (χ0n) is 20.3. The second-order valence-electron chi connectivity index (χ2n) is 7.65. The monoisotopic (exact) mass is 551 g/mol. The average Bonchev–Trinajstić information content (AvgIpc) is 3.27. The van der Waals surface area contributed by atoms with Gasteiger partial charge in [0.1, 0.15) is 10.6 Å². The summed E-state index contributed by atoms with van der Waals surface area (Å²) in [6.45, 7) is 2.39. The summed E-state index contributed by atoms with van der Waals surface area (Å²) < 4.78 is 17.1. The van der Waals surface area contributed by atoms with Gasteiger partial charge in [0, 0.05) is 15.8 Å². The lowest BCUT2D eigenvalue weighted by atomic mass is 10.2. The normalized spacial score (nSPS) is 10.8. The van der Waals surface area contributed by atoms with Crippen molar-refractivity contribution in [3.8, 4) is 17.2 Å². The first kappa shape index (κ1) is 26.6. The number of anilines is 1. The van der Waals surface area contributed by atoms with Gasteiger partial charge in [-0.2, -0.15) is 5.10 Å². The van der Waals surface area contributed by atoms with Crippen molar-refractivity contribution < 1.29 is 28.6 Å². The van der Waals surface area contributed by atoms with Gasteiger partial charge < -0.3 is 19.5 Å². The Morgan fingerprint density at radius 1 is 1.00 bits per heavy atom. The molecule has 0 saturated heterocycles. The molecule has 2 N–H and O–H groups in total. The number of carbonyl (C=O) groups excluding carboxylic acids is 3. The molecule has 0 atom stereocenters. The van der Waals surface area contributed by atoms with Crippen LogP contribution in [-0.2, 0) is 9.59 Å². The zero-order valence-corrected chi connectivity index (χ0v) is 21.9. The van der Waals surface area contributed by atoms with Crippen molar-refractivity contribution in [1.29, 1.82) is 0 Å². The Kier molecular flexibility index (Phi) is 8.57. The van der Waals surface area contributed by atoms with Crippen LogP contribution in [0.4, 0.5) is 5.69 Å². The number of halogens is 1. The molecule has 2 amide bonds. The van der Waals surface area contributed by atoms with Crippen LogP contribution in [0, 0.1) is 0 Å². The highest BCUT2D eigenvalue weighted by molar-refractivity contribution is 7.21. The van der Waals surface area contributed by atoms with Crippen LogP contribution in [0.2, 0.25) is 5.02 Å². The molecule has 9 nitrogen and oxygen atoms in total. The highest BCUT2D eigenvalue weighted by atomic mass is 35.5. The SMILES string of the molecule is CCOc1ccc(NC(=O)C(=O)N/N=C\c2ccc(OC(=O)c3sc4ccccc4c3Cl)c(OC)c2)cc1. The number of ether oxygens (including phenoxy) is 3. The van der Waals surface area contributed by atoms with Crippen LogP contribution in [0.3, 0.4) is 0 Å². The third-order valence-electron chi connectivity index (χ3n) is 5.12. The number of amides is 2. The summed E-state index contributed by atoms with van der Waals surface area (Å²) in [5.41, 5.74) is 3.12. The maximum atomic E-state index is 12.8. The summed E-state index contributed by atoms with van der Waals surface area (Å²) in [6, 6.07) is 18.7. The Bertz CT molecular complexity index is 1520. The van der Waals surface area contributed by atoms with Crippen molar-refractivity contribution in [1.82, 2.24) is 5.43 Å². The molecule has 4 aromatic rings. The molecule has 38 heavy (non-hydrogen) atoms. The number of methoxy groups -OCH3 is 1. The van der Waals surface area contributed by atoms with Crippen molar-refractivity contribution in [3.63, 3.8) is 0 Å². The summed E-state index contributed by atoms with van der Waals surface area (Å²) in [7, 11) is 1.42. The maximum absolute atomic E-state index is 12.8. The molecule has 1 aromatic heterocycles. The number of rotatable bonds is 8. The first-order chi connectivity index (χ1) is 18.4. The zero-order chi connectivity index (χ0) is 27.1. The van der Waals surface area contributed by atoms with Crippen molar-refractivity contribution in [3.05, 3.63) is 82.2 Å². The quantitative estimate of drug-likeness (QED) is 0.101. The van der Waals surface area contributed by atoms with E-state index in [4.69, 9.17) is 25.8 Å². The van der Waals surface area contributed by atoms with E-state index in [-0.39, 0.29) is 16.4 Å². The van der Waals surface area contributed by atoms with E-state index in [9.17, 15) is 14.4 Å². The van der Waals surface area contributed by atoms with Crippen LogP contribution in [0.15, 0.2) is 71.8 Å². The fraction of sp³-hybridized carbons (Fsp3) is 0.111. The van der Waals surface area contributed by atoms with Crippen LogP contribution in [0.1, 0.15) is 22.2 Å². The maximum Gasteiger partial charge on any atom is 0.355 e. The Hall–Kier alpha value is -4.41. The van der Waals surface area contributed by atoms with Gasteiger partial charge in [0.25, 0.3) is 0 Å². The topological polar surface area (TPSA) is 115 Å². The Balaban J connectivity index is 1.36. The van der Waals surface area contributed by atoms with Crippen molar-refractivity contribution in [2.24, 2.45) is 5.10 Å². The predicted molar refractivity (Wildman–Crippen MR) is 147 cm³/mol. The highest BCUT2D eigenvalue weighted by Crippen LogP contribution is 2.37. The molecular weight excluding hydrogens is 530 g/mol. The second kappa shape index (κ2) is 12.2. The average molecular weight is 552 g/mol. The Morgan fingerprint density at radius 3 is 2.47 bits per heavy atom. The number of thiophene rings is 1. The minimum atomic E-state index is -0.951. The van der Waals surface area contributed by atoms with Gasteiger partial charge in [0.15, 0.2) is 11.5 Å². The van der Waals surface area contributed by atoms with Crippen molar-refractivity contribution >= 4 is 62.7 Å². The van der Waals surface area contributed by atoms with E-state index >= 15 is 0 Å². The fourth-order valence-electron chi connectivity index (χ4n) is 3.35. The summed E-state index contributed by atoms with van der Waals surface area (Å²) in [5, 5.41) is 7.39. The highest BCUT2D eigenvalue weighted by Gasteiger charge is 2.20. The molecule has 4 rings (SSSR count). The largest absolute Gasteiger partial charge is 0.494 e. The molecule has 0 aliphatic carbocycles. The number of nitrogens with one attached hydrogen (secondary N) is 2. The molecule has 0 bridgehead atoms. The number of esters is 1. The van der Waals surface area contributed by atoms with E-state index in [1.165, 1.54) is 30.7 Å². The van der Waals surface area contributed by atoms with E-state index in [0.29, 0.717) is 28.6 Å². The number of benzene rings is 3. The Morgan fingerprint density at radius 2 is 1.76 bits per heavy atom. The third-order valence-corrected chi connectivity index (χ3v) is 6.78. The number of hydrogen-bond acceptors (Lipinski definition) is 8. The molecule has 0 unspecified atom stereocenters. The minimum absolute atomic E-state index is 0.182. The van der Waals surface area contributed by atoms with Crippen LogP contribution in [-0.4, -0.2) is 37.7 Å². The van der Waals surface area contributed by atoms with Gasteiger partial charge in [-0.25, -0.2) is 10.2 Å². The molecule has 194 valence electrons. The third kappa shape index (κ3) is 6.28. The van der Waals surface area contributed by atoms with E-state index in [0.717, 1.165) is 10.1 Å². The van der Waals surface area contributed by atoms with Crippen LogP contribution in [0.5, 0.6) is 17.2 Å². The van der Waals surface area contributed by atoms with E-state index < -0.39 is 17.8 Å². The standard InChI is InChI=1S/C27H22ClN3O6S/c1-3-36-18-11-9-17(10-12-18)30-25(32)26(33)31-29-15-16-8-13-20(21(14-16)35-2)37-27(34)24-23(28)19-6-4-5-7-22(19)38-24/h4-15H,3H2,1-2H3,(H,30,32)(H,31,33)/b29-15-. The number of nitrogens with zero attached hydrogens (tertiary/aromatic N) is 1. The smallest absolute Gasteiger partial charge is 0.355 e. The fourth-order valence-corrected chi connectivity index (χ4v) is 4.73. The first-order valence-electron chi connectivity index (χ1n) is 11.3. The number of hydrogen-bond donors (Lipinski definition) is 2. The van der Waals surface area contributed by atoms with Gasteiger partial charge in [-0.05, 0) is 61.0 Å². The molecular formula is C27H22ClN3O6S. The van der Waals surface area contributed by atoms with Crippen LogP contribution < -0.4 is 25.0 Å². The summed E-state index contributed by atoms with van der Waals surface area (Å²) >= 11 is 7.62. The lowest BCUT2D eigenvalue weighted by molar-refractivity contribution is -0.136. The predicted octanol–water partition coefficient (Wildman–Crippen LogP) is 5.27. The van der Waals surface area contributed by atoms with Gasteiger partial charge in [0.05, 0.1) is 25.0 Å². The first-order valence-corrected chi connectivity index (χ1v) is 12.5. The van der Waals surface area contributed by atoms with Gasteiger partial charge >= 0.3 is 17.8 Å². The van der Waals surface area contributed by atoms with E-state index in [1.807, 2.05) is 31.2 Å². The number of carbonyl (C=O) groups is 3. The van der Waals surface area contributed by atoms with Crippen molar-refractivity contribution in [2.45, 2.75) is 6.92 Å². The van der Waals surface area contributed by atoms with E-state index in [1.54, 1.807) is 36.4 Å². The van der Waals surface area contributed by atoms with Crippen LogP contribution in [0.25, 0.3) is 10.1 Å². The van der Waals surface area contributed by atoms with E-state index in [2.05, 4.69) is 15.8 Å². The van der Waals surface area contributed by atoms with Crippen LogP contribution >= 0.6 is 22.9 Å². The molecule has 0 spiro atoms. The molecule has 1 heterocycles. The Labute approximate surface area is 227 Å². The molecule has 0 aliphatic heterocycles. The number of hydrazone groups is 1. The molecule has 0 fully saturated rings. The van der Waals surface area contributed by atoms with Gasteiger partial charge in [-0.3, -0.25) is 9.59 Å². The molecule has 11 heteroatoms.